The molecule has 1 aromatic rings. The van der Waals surface area contributed by atoms with E-state index in [1.807, 2.05) is 24.8 Å². The number of nitrogens with one attached hydrogen (secondary N) is 1. The number of amides is 3. The standard InChI is InChI=1S/C16H21BrN6O2S/c1-8(7-26-15-18-9(2)5-10(3)19-15)6-23-11-12(20-14(23)17)22(4)16(25)21-13(11)24/h5,8,11-12H,6-7H2,1-4H3,(H,21,24,25). The predicted octanol–water partition coefficient (Wildman–Crippen LogP) is 1.76. The normalized spacial score (nSPS) is 23.7. The average molecular weight is 441 g/mol. The van der Waals surface area contributed by atoms with Gasteiger partial charge in [-0.3, -0.25) is 10.1 Å². The molecule has 3 rings (SSSR count). The van der Waals surface area contributed by atoms with Crippen LogP contribution < -0.4 is 5.32 Å². The number of carbonyl (C=O) groups excluding carboxylic acids is 2. The molecule has 0 aliphatic carbocycles. The SMILES string of the molecule is Cc1cc(C)nc(SCC(C)CN2C(Br)=NC3C2C(=O)NC(=O)N3C)n1. The highest BCUT2D eigenvalue weighted by Gasteiger charge is 2.48. The minimum Gasteiger partial charge on any atom is -0.335 e. The number of aliphatic imine (C=N–C) groups is 1. The fourth-order valence-corrected chi connectivity index (χ4v) is 4.58. The largest absolute Gasteiger partial charge is 0.335 e. The number of aryl methyl sites for hydroxylation is 2. The van der Waals surface area contributed by atoms with Crippen LogP contribution in [0.1, 0.15) is 18.3 Å². The molecule has 3 atom stereocenters. The molecule has 2 aliphatic rings. The maximum Gasteiger partial charge on any atom is 0.325 e. The van der Waals surface area contributed by atoms with Crippen LogP contribution in [0, 0.1) is 19.8 Å². The van der Waals surface area contributed by atoms with Gasteiger partial charge in [0.2, 0.25) is 0 Å². The fourth-order valence-electron chi connectivity index (χ4n) is 3.04. The topological polar surface area (TPSA) is 90.8 Å². The second-order valence-corrected chi connectivity index (χ2v) is 8.36. The third-order valence-corrected chi connectivity index (χ3v) is 6.11. The summed E-state index contributed by atoms with van der Waals surface area (Å²) < 4.78 is 0.601. The molecule has 26 heavy (non-hydrogen) atoms. The maximum atomic E-state index is 12.3. The molecule has 3 unspecified atom stereocenters. The molecular formula is C16H21BrN6O2S. The van der Waals surface area contributed by atoms with E-state index in [1.165, 1.54) is 4.90 Å². The predicted molar refractivity (Wildman–Crippen MR) is 103 cm³/mol. The van der Waals surface area contributed by atoms with E-state index >= 15 is 0 Å². The highest BCUT2D eigenvalue weighted by Crippen LogP contribution is 2.28. The Labute approximate surface area is 165 Å². The Morgan fingerprint density at radius 2 is 1.96 bits per heavy atom. The molecule has 1 saturated heterocycles. The van der Waals surface area contributed by atoms with Crippen molar-refractivity contribution in [3.8, 4) is 0 Å². The van der Waals surface area contributed by atoms with Gasteiger partial charge in [-0.15, -0.1) is 0 Å². The van der Waals surface area contributed by atoms with Gasteiger partial charge < -0.3 is 9.80 Å². The third kappa shape index (κ3) is 3.85. The Hall–Kier alpha value is -1.68. The molecule has 3 amide bonds. The maximum absolute atomic E-state index is 12.3. The summed E-state index contributed by atoms with van der Waals surface area (Å²) in [7, 11) is 1.64. The van der Waals surface area contributed by atoms with Crippen molar-refractivity contribution in [1.82, 2.24) is 25.1 Å². The lowest BCUT2D eigenvalue weighted by Gasteiger charge is -2.36. The molecule has 140 valence electrons. The van der Waals surface area contributed by atoms with Crippen molar-refractivity contribution >= 4 is 44.4 Å². The Balaban J connectivity index is 1.63. The smallest absolute Gasteiger partial charge is 0.325 e. The molecule has 1 aromatic heterocycles. The molecule has 10 heteroatoms. The second kappa shape index (κ2) is 7.51. The number of hydrogen-bond donors (Lipinski definition) is 1. The van der Waals surface area contributed by atoms with Gasteiger partial charge in [-0.05, 0) is 41.8 Å². The van der Waals surface area contributed by atoms with Crippen molar-refractivity contribution < 1.29 is 9.59 Å². The van der Waals surface area contributed by atoms with E-state index in [0.717, 1.165) is 22.3 Å². The molecule has 2 aliphatic heterocycles. The zero-order valence-electron chi connectivity index (χ0n) is 15.1. The van der Waals surface area contributed by atoms with Gasteiger partial charge in [0.05, 0.1) is 0 Å². The van der Waals surface area contributed by atoms with E-state index < -0.39 is 18.2 Å². The Bertz CT molecular complexity index is 753. The van der Waals surface area contributed by atoms with Gasteiger partial charge in [0.15, 0.2) is 22.1 Å². The Morgan fingerprint density at radius 1 is 1.31 bits per heavy atom. The fraction of sp³-hybridized carbons (Fsp3) is 0.562. The molecule has 0 bridgehead atoms. The highest BCUT2D eigenvalue weighted by atomic mass is 79.9. The van der Waals surface area contributed by atoms with Crippen LogP contribution in [0.4, 0.5) is 4.79 Å². The molecule has 0 saturated carbocycles. The summed E-state index contributed by atoms with van der Waals surface area (Å²) in [5.74, 6) is 0.767. The summed E-state index contributed by atoms with van der Waals surface area (Å²) in [5.41, 5.74) is 1.91. The summed E-state index contributed by atoms with van der Waals surface area (Å²) in [6.07, 6.45) is -0.492. The lowest BCUT2D eigenvalue weighted by molar-refractivity contribution is -0.127. The number of halogens is 1. The zero-order chi connectivity index (χ0) is 19.0. The third-order valence-electron chi connectivity index (χ3n) is 4.28. The van der Waals surface area contributed by atoms with Crippen molar-refractivity contribution in [1.29, 1.82) is 0 Å². The van der Waals surface area contributed by atoms with E-state index in [0.29, 0.717) is 11.3 Å². The number of hydrogen-bond acceptors (Lipinski definition) is 7. The van der Waals surface area contributed by atoms with Gasteiger partial charge in [-0.25, -0.2) is 19.8 Å². The molecule has 1 N–H and O–H groups in total. The highest BCUT2D eigenvalue weighted by molar-refractivity contribution is 9.18. The second-order valence-electron chi connectivity index (χ2n) is 6.66. The van der Waals surface area contributed by atoms with E-state index in [9.17, 15) is 9.59 Å². The first kappa shape index (κ1) is 19.1. The van der Waals surface area contributed by atoms with Crippen LogP contribution in [0.25, 0.3) is 0 Å². The quantitative estimate of drug-likeness (QED) is 0.426. The molecule has 3 heterocycles. The molecule has 1 fully saturated rings. The summed E-state index contributed by atoms with van der Waals surface area (Å²) >= 11 is 5.04. The minimum atomic E-state index is -0.503. The van der Waals surface area contributed by atoms with Crippen LogP contribution in [-0.4, -0.2) is 68.0 Å². The zero-order valence-corrected chi connectivity index (χ0v) is 17.5. The van der Waals surface area contributed by atoms with Gasteiger partial charge in [-0.1, -0.05) is 18.7 Å². The molecule has 0 radical (unpaired) electrons. The number of aromatic nitrogens is 2. The number of amidine groups is 1. The lowest BCUT2D eigenvalue weighted by atomic mass is 10.1. The summed E-state index contributed by atoms with van der Waals surface area (Å²) in [4.78, 5) is 40.8. The van der Waals surface area contributed by atoms with Crippen molar-refractivity contribution in [3.05, 3.63) is 17.5 Å². The minimum absolute atomic E-state index is 0.265. The van der Waals surface area contributed by atoms with E-state index in [2.05, 4.69) is 43.1 Å². The van der Waals surface area contributed by atoms with Gasteiger partial charge >= 0.3 is 6.03 Å². The monoisotopic (exact) mass is 440 g/mol. The first-order chi connectivity index (χ1) is 12.3. The summed E-state index contributed by atoms with van der Waals surface area (Å²) in [5, 5.41) is 3.15. The van der Waals surface area contributed by atoms with Crippen molar-refractivity contribution in [2.75, 3.05) is 19.3 Å². The molecule has 8 nitrogen and oxygen atoms in total. The van der Waals surface area contributed by atoms with Crippen LogP contribution in [-0.2, 0) is 4.79 Å². The molecule has 0 aromatic carbocycles. The number of urea groups is 1. The number of likely N-dealkylation sites (N-methyl/N-ethyl adjacent to an activating group) is 1. The number of rotatable bonds is 5. The Kier molecular flexibility index (Phi) is 5.52. The molecule has 0 spiro atoms. The van der Waals surface area contributed by atoms with Gasteiger partial charge in [-0.2, -0.15) is 0 Å². The van der Waals surface area contributed by atoms with Gasteiger partial charge in [0, 0.05) is 30.7 Å². The number of imide groups is 1. The van der Waals surface area contributed by atoms with E-state index in [4.69, 9.17) is 0 Å². The number of carbonyl (C=O) groups is 2. The lowest BCUT2D eigenvalue weighted by Crippen LogP contribution is -2.63. The van der Waals surface area contributed by atoms with Crippen LogP contribution in [0.15, 0.2) is 16.2 Å². The van der Waals surface area contributed by atoms with Crippen LogP contribution in [0.3, 0.4) is 0 Å². The first-order valence-corrected chi connectivity index (χ1v) is 10.1. The Morgan fingerprint density at radius 3 is 2.62 bits per heavy atom. The van der Waals surface area contributed by atoms with Crippen molar-refractivity contribution in [3.63, 3.8) is 0 Å². The van der Waals surface area contributed by atoms with Crippen molar-refractivity contribution in [2.24, 2.45) is 10.9 Å². The van der Waals surface area contributed by atoms with Gasteiger partial charge in [0.1, 0.15) is 0 Å². The van der Waals surface area contributed by atoms with Crippen LogP contribution in [0.2, 0.25) is 0 Å². The average Bonchev–Trinajstić information content (AvgIpc) is 2.87. The number of fused-ring (bicyclic) bond motifs is 1. The van der Waals surface area contributed by atoms with Crippen LogP contribution >= 0.6 is 27.7 Å². The van der Waals surface area contributed by atoms with Gasteiger partial charge in [0.25, 0.3) is 5.91 Å². The molecular weight excluding hydrogens is 420 g/mol. The van der Waals surface area contributed by atoms with Crippen molar-refractivity contribution in [2.45, 2.75) is 38.1 Å². The first-order valence-electron chi connectivity index (χ1n) is 8.29. The number of nitrogens with zero attached hydrogens (tertiary/aromatic N) is 5. The van der Waals surface area contributed by atoms with E-state index in [-0.39, 0.29) is 11.8 Å². The summed E-state index contributed by atoms with van der Waals surface area (Å²) in [6.45, 7) is 6.66. The van der Waals surface area contributed by atoms with Crippen LogP contribution in [0.5, 0.6) is 0 Å². The number of thioether (sulfide) groups is 1. The van der Waals surface area contributed by atoms with E-state index in [1.54, 1.807) is 18.8 Å². The summed E-state index contributed by atoms with van der Waals surface area (Å²) in [6, 6.07) is 1.03.